The first kappa shape index (κ1) is 10.8. The van der Waals surface area contributed by atoms with Crippen LogP contribution in [0.3, 0.4) is 0 Å². The summed E-state index contributed by atoms with van der Waals surface area (Å²) < 4.78 is 0. The third-order valence-electron chi connectivity index (χ3n) is 2.57. The lowest BCUT2D eigenvalue weighted by atomic mass is 10.2. The SMILES string of the molecule is ClCc1ccc(NCCNC2CC2)cc1. The lowest BCUT2D eigenvalue weighted by Gasteiger charge is -2.07. The highest BCUT2D eigenvalue weighted by atomic mass is 35.5. The van der Waals surface area contributed by atoms with Crippen LogP contribution in [0.4, 0.5) is 5.69 Å². The van der Waals surface area contributed by atoms with Gasteiger partial charge in [0.05, 0.1) is 0 Å². The lowest BCUT2D eigenvalue weighted by Crippen LogP contribution is -2.23. The summed E-state index contributed by atoms with van der Waals surface area (Å²) in [6.45, 7) is 2.03. The van der Waals surface area contributed by atoms with Gasteiger partial charge >= 0.3 is 0 Å². The van der Waals surface area contributed by atoms with Crippen LogP contribution < -0.4 is 10.6 Å². The van der Waals surface area contributed by atoms with Gasteiger partial charge in [0.2, 0.25) is 0 Å². The van der Waals surface area contributed by atoms with Gasteiger partial charge in [-0.3, -0.25) is 0 Å². The van der Waals surface area contributed by atoms with E-state index in [4.69, 9.17) is 11.6 Å². The summed E-state index contributed by atoms with van der Waals surface area (Å²) in [6.07, 6.45) is 2.70. The summed E-state index contributed by atoms with van der Waals surface area (Å²) in [7, 11) is 0. The highest BCUT2D eigenvalue weighted by molar-refractivity contribution is 6.17. The first-order valence-corrected chi connectivity index (χ1v) is 6.04. The molecule has 2 nitrogen and oxygen atoms in total. The van der Waals surface area contributed by atoms with E-state index >= 15 is 0 Å². The second-order valence-electron chi connectivity index (χ2n) is 3.99. The summed E-state index contributed by atoms with van der Waals surface area (Å²) >= 11 is 5.72. The van der Waals surface area contributed by atoms with Crippen molar-refractivity contribution in [3.05, 3.63) is 29.8 Å². The number of benzene rings is 1. The van der Waals surface area contributed by atoms with E-state index in [-0.39, 0.29) is 0 Å². The van der Waals surface area contributed by atoms with E-state index in [0.29, 0.717) is 5.88 Å². The number of hydrogen-bond acceptors (Lipinski definition) is 2. The molecular formula is C12H17ClN2. The van der Waals surface area contributed by atoms with Crippen LogP contribution in [0, 0.1) is 0 Å². The average Bonchev–Trinajstić information content (AvgIpc) is 3.09. The van der Waals surface area contributed by atoms with E-state index < -0.39 is 0 Å². The fourth-order valence-corrected chi connectivity index (χ4v) is 1.66. The maximum atomic E-state index is 5.72. The van der Waals surface area contributed by atoms with Gasteiger partial charge in [-0.05, 0) is 30.5 Å². The Kier molecular flexibility index (Phi) is 3.87. The molecule has 0 radical (unpaired) electrons. The predicted octanol–water partition coefficient (Wildman–Crippen LogP) is 2.59. The molecule has 0 unspecified atom stereocenters. The molecule has 1 aliphatic carbocycles. The molecule has 2 N–H and O–H groups in total. The Morgan fingerprint density at radius 3 is 2.47 bits per heavy atom. The zero-order chi connectivity index (χ0) is 10.5. The monoisotopic (exact) mass is 224 g/mol. The normalized spacial score (nSPS) is 15.3. The van der Waals surface area contributed by atoms with Crippen LogP contribution in [0.5, 0.6) is 0 Å². The van der Waals surface area contributed by atoms with Crippen molar-refractivity contribution in [2.45, 2.75) is 24.8 Å². The molecule has 0 aliphatic heterocycles. The van der Waals surface area contributed by atoms with Crippen molar-refractivity contribution < 1.29 is 0 Å². The van der Waals surface area contributed by atoms with Gasteiger partial charge in [0, 0.05) is 30.7 Å². The number of alkyl halides is 1. The molecular weight excluding hydrogens is 208 g/mol. The molecule has 1 aromatic rings. The average molecular weight is 225 g/mol. The van der Waals surface area contributed by atoms with Crippen LogP contribution in [0.1, 0.15) is 18.4 Å². The summed E-state index contributed by atoms with van der Waals surface area (Å²) in [5, 5.41) is 6.84. The maximum Gasteiger partial charge on any atom is 0.0474 e. The minimum Gasteiger partial charge on any atom is -0.384 e. The standard InChI is InChI=1S/C12H17ClN2/c13-9-10-1-3-11(4-2-10)14-7-8-15-12-5-6-12/h1-4,12,14-15H,5-9H2. The second-order valence-corrected chi connectivity index (χ2v) is 4.25. The number of nitrogens with one attached hydrogen (secondary N) is 2. The third-order valence-corrected chi connectivity index (χ3v) is 2.88. The Hall–Kier alpha value is -0.730. The smallest absolute Gasteiger partial charge is 0.0474 e. The topological polar surface area (TPSA) is 24.1 Å². The van der Waals surface area contributed by atoms with Gasteiger partial charge in [0.15, 0.2) is 0 Å². The summed E-state index contributed by atoms with van der Waals surface area (Å²) in [5.74, 6) is 0.587. The van der Waals surface area contributed by atoms with Crippen LogP contribution in [-0.4, -0.2) is 19.1 Å². The zero-order valence-corrected chi connectivity index (χ0v) is 9.56. The van der Waals surface area contributed by atoms with Crippen LogP contribution in [0.25, 0.3) is 0 Å². The highest BCUT2D eigenvalue weighted by Gasteiger charge is 2.19. The summed E-state index contributed by atoms with van der Waals surface area (Å²) in [5.41, 5.74) is 2.33. The van der Waals surface area contributed by atoms with E-state index in [9.17, 15) is 0 Å². The van der Waals surface area contributed by atoms with Crippen molar-refractivity contribution in [3.63, 3.8) is 0 Å². The molecule has 0 saturated heterocycles. The maximum absolute atomic E-state index is 5.72. The van der Waals surface area contributed by atoms with Gasteiger partial charge < -0.3 is 10.6 Å². The van der Waals surface area contributed by atoms with Crippen molar-refractivity contribution >= 4 is 17.3 Å². The van der Waals surface area contributed by atoms with Crippen LogP contribution in [0.2, 0.25) is 0 Å². The zero-order valence-electron chi connectivity index (χ0n) is 8.80. The second kappa shape index (κ2) is 5.38. The first-order valence-electron chi connectivity index (χ1n) is 5.50. The fraction of sp³-hybridized carbons (Fsp3) is 0.500. The molecule has 1 saturated carbocycles. The lowest BCUT2D eigenvalue weighted by molar-refractivity contribution is 0.701. The number of rotatable bonds is 6. The Morgan fingerprint density at radius 2 is 1.87 bits per heavy atom. The molecule has 1 fully saturated rings. The van der Waals surface area contributed by atoms with E-state index in [2.05, 4.69) is 34.9 Å². The molecule has 2 rings (SSSR count). The largest absolute Gasteiger partial charge is 0.384 e. The van der Waals surface area contributed by atoms with E-state index in [1.54, 1.807) is 0 Å². The van der Waals surface area contributed by atoms with Crippen LogP contribution in [-0.2, 0) is 5.88 Å². The minimum absolute atomic E-state index is 0.587. The number of anilines is 1. The quantitative estimate of drug-likeness (QED) is 0.574. The molecule has 82 valence electrons. The molecule has 0 spiro atoms. The van der Waals surface area contributed by atoms with E-state index in [1.165, 1.54) is 24.1 Å². The Labute approximate surface area is 96.0 Å². The molecule has 0 atom stereocenters. The van der Waals surface area contributed by atoms with Gasteiger partial charge in [-0.2, -0.15) is 0 Å². The fourth-order valence-electron chi connectivity index (χ4n) is 1.48. The van der Waals surface area contributed by atoms with Crippen molar-refractivity contribution in [2.75, 3.05) is 18.4 Å². The summed E-state index contributed by atoms with van der Waals surface area (Å²) in [6, 6.07) is 9.07. The van der Waals surface area contributed by atoms with Gasteiger partial charge in [-0.25, -0.2) is 0 Å². The molecule has 0 bridgehead atoms. The van der Waals surface area contributed by atoms with Crippen molar-refractivity contribution in [3.8, 4) is 0 Å². The van der Waals surface area contributed by atoms with Crippen molar-refractivity contribution in [1.29, 1.82) is 0 Å². The number of hydrogen-bond donors (Lipinski definition) is 2. The van der Waals surface area contributed by atoms with Gasteiger partial charge in [0.25, 0.3) is 0 Å². The predicted molar refractivity (Wildman–Crippen MR) is 65.5 cm³/mol. The molecule has 1 aliphatic rings. The van der Waals surface area contributed by atoms with Gasteiger partial charge in [-0.1, -0.05) is 12.1 Å². The van der Waals surface area contributed by atoms with Gasteiger partial charge in [-0.15, -0.1) is 11.6 Å². The van der Waals surface area contributed by atoms with Crippen LogP contribution in [0.15, 0.2) is 24.3 Å². The molecule has 0 amide bonds. The molecule has 0 heterocycles. The minimum atomic E-state index is 0.587. The molecule has 1 aromatic carbocycles. The molecule has 15 heavy (non-hydrogen) atoms. The third kappa shape index (κ3) is 3.73. The highest BCUT2D eigenvalue weighted by Crippen LogP contribution is 2.18. The van der Waals surface area contributed by atoms with Crippen LogP contribution >= 0.6 is 11.6 Å². The van der Waals surface area contributed by atoms with Crippen molar-refractivity contribution in [1.82, 2.24) is 5.32 Å². The Balaban J connectivity index is 1.67. The first-order chi connectivity index (χ1) is 7.38. The Morgan fingerprint density at radius 1 is 1.13 bits per heavy atom. The van der Waals surface area contributed by atoms with E-state index in [0.717, 1.165) is 19.1 Å². The van der Waals surface area contributed by atoms with Gasteiger partial charge in [0.1, 0.15) is 0 Å². The molecule has 0 aromatic heterocycles. The van der Waals surface area contributed by atoms with E-state index in [1.807, 2.05) is 0 Å². The summed E-state index contributed by atoms with van der Waals surface area (Å²) in [4.78, 5) is 0. The van der Waals surface area contributed by atoms with Crippen molar-refractivity contribution in [2.24, 2.45) is 0 Å². The number of halogens is 1. The Bertz CT molecular complexity index is 293. The molecule has 3 heteroatoms.